The van der Waals surface area contributed by atoms with E-state index in [2.05, 4.69) is 5.32 Å². The first kappa shape index (κ1) is 24.1. The van der Waals surface area contributed by atoms with Crippen LogP contribution in [-0.4, -0.2) is 46.1 Å². The molecule has 6 nitrogen and oxygen atoms in total. The van der Waals surface area contributed by atoms with E-state index in [9.17, 15) is 19.8 Å². The van der Waals surface area contributed by atoms with Crippen molar-refractivity contribution < 1.29 is 19.8 Å². The number of amides is 2. The van der Waals surface area contributed by atoms with Gasteiger partial charge in [-0.15, -0.1) is 0 Å². The predicted octanol–water partition coefficient (Wildman–Crippen LogP) is 3.95. The molecule has 172 valence electrons. The average Bonchev–Trinajstić information content (AvgIpc) is 2.74. The van der Waals surface area contributed by atoms with Gasteiger partial charge in [-0.2, -0.15) is 0 Å². The lowest BCUT2D eigenvalue weighted by atomic mass is 9.66. The Kier molecular flexibility index (Phi) is 6.86. The molecular formula is C25H31ClN2O4. The minimum absolute atomic E-state index is 0.0711. The summed E-state index contributed by atoms with van der Waals surface area (Å²) in [4.78, 5) is 27.8. The molecule has 2 atom stereocenters. The van der Waals surface area contributed by atoms with Gasteiger partial charge in [-0.05, 0) is 54.3 Å². The second kappa shape index (κ2) is 9.12. The standard InChI is InChI=1S/C25H31ClN2O4/c1-16(2)21(27-22(30)17-5-11-20(29)12-6-17)23(31)28-14-13-25(32,24(3,4)15-28)18-7-9-19(26)10-8-18/h5-12,16,21,29,32H,13-15H2,1-4H3,(H,27,30)/t21-,25+/m1/s1. The first-order chi connectivity index (χ1) is 14.9. The predicted molar refractivity (Wildman–Crippen MR) is 125 cm³/mol. The molecule has 1 heterocycles. The Morgan fingerprint density at radius 1 is 1.06 bits per heavy atom. The van der Waals surface area contributed by atoms with Gasteiger partial charge in [-0.1, -0.05) is 51.4 Å². The third-order valence-corrected chi connectivity index (χ3v) is 6.68. The quantitative estimate of drug-likeness (QED) is 0.632. The van der Waals surface area contributed by atoms with Crippen LogP contribution in [-0.2, 0) is 10.4 Å². The minimum atomic E-state index is -1.10. The van der Waals surface area contributed by atoms with Gasteiger partial charge in [0.15, 0.2) is 0 Å². The number of nitrogens with one attached hydrogen (secondary N) is 1. The maximum absolute atomic E-state index is 13.4. The number of carbonyl (C=O) groups is 2. The lowest BCUT2D eigenvalue weighted by Gasteiger charge is -2.51. The minimum Gasteiger partial charge on any atom is -0.508 e. The number of phenols is 1. The van der Waals surface area contributed by atoms with Gasteiger partial charge >= 0.3 is 0 Å². The number of aromatic hydroxyl groups is 1. The number of aliphatic hydroxyl groups is 1. The van der Waals surface area contributed by atoms with E-state index < -0.39 is 17.1 Å². The van der Waals surface area contributed by atoms with Crippen LogP contribution >= 0.6 is 11.6 Å². The van der Waals surface area contributed by atoms with Gasteiger partial charge in [0.05, 0.1) is 5.60 Å². The molecule has 0 aliphatic carbocycles. The summed E-state index contributed by atoms with van der Waals surface area (Å²) in [5, 5.41) is 24.4. The van der Waals surface area contributed by atoms with Crippen molar-refractivity contribution in [2.75, 3.05) is 13.1 Å². The normalized spacial score (nSPS) is 21.3. The van der Waals surface area contributed by atoms with Crippen molar-refractivity contribution >= 4 is 23.4 Å². The topological polar surface area (TPSA) is 89.9 Å². The highest BCUT2D eigenvalue weighted by molar-refractivity contribution is 6.30. The fourth-order valence-corrected chi connectivity index (χ4v) is 4.44. The average molecular weight is 459 g/mol. The summed E-state index contributed by atoms with van der Waals surface area (Å²) < 4.78 is 0. The van der Waals surface area contributed by atoms with E-state index in [0.29, 0.717) is 30.1 Å². The summed E-state index contributed by atoms with van der Waals surface area (Å²) in [5.74, 6) is -0.588. The Morgan fingerprint density at radius 2 is 1.66 bits per heavy atom. The van der Waals surface area contributed by atoms with Crippen LogP contribution in [0.15, 0.2) is 48.5 Å². The molecule has 3 rings (SSSR count). The lowest BCUT2D eigenvalue weighted by Crippen LogP contribution is -2.60. The molecule has 3 N–H and O–H groups in total. The second-order valence-corrected chi connectivity index (χ2v) is 9.94. The van der Waals surface area contributed by atoms with E-state index in [1.807, 2.05) is 39.8 Å². The monoisotopic (exact) mass is 458 g/mol. The lowest BCUT2D eigenvalue weighted by molar-refractivity contribution is -0.155. The van der Waals surface area contributed by atoms with Gasteiger partial charge in [0, 0.05) is 29.1 Å². The fourth-order valence-electron chi connectivity index (χ4n) is 4.32. The zero-order chi connectivity index (χ0) is 23.7. The molecule has 7 heteroatoms. The third-order valence-electron chi connectivity index (χ3n) is 6.43. The van der Waals surface area contributed by atoms with Crippen LogP contribution in [0.25, 0.3) is 0 Å². The Bertz CT molecular complexity index is 972. The number of carbonyl (C=O) groups excluding carboxylic acids is 2. The zero-order valence-corrected chi connectivity index (χ0v) is 19.7. The molecule has 0 bridgehead atoms. The molecule has 0 saturated carbocycles. The largest absolute Gasteiger partial charge is 0.508 e. The molecule has 0 radical (unpaired) electrons. The van der Waals surface area contributed by atoms with Crippen molar-refractivity contribution in [2.45, 2.75) is 45.8 Å². The number of phenolic OH excluding ortho intramolecular Hbond substituents is 1. The molecular weight excluding hydrogens is 428 g/mol. The van der Waals surface area contributed by atoms with Crippen LogP contribution < -0.4 is 5.32 Å². The highest BCUT2D eigenvalue weighted by Crippen LogP contribution is 2.46. The number of piperidine rings is 1. The van der Waals surface area contributed by atoms with E-state index in [-0.39, 0.29) is 23.5 Å². The van der Waals surface area contributed by atoms with Gasteiger partial charge < -0.3 is 20.4 Å². The van der Waals surface area contributed by atoms with Gasteiger partial charge in [-0.3, -0.25) is 9.59 Å². The zero-order valence-electron chi connectivity index (χ0n) is 18.9. The van der Waals surface area contributed by atoms with Crippen LogP contribution in [0.3, 0.4) is 0 Å². The SMILES string of the molecule is CC(C)[C@@H](NC(=O)c1ccc(O)cc1)C(=O)N1CC[C@](O)(c2ccc(Cl)cc2)C(C)(C)C1. The molecule has 32 heavy (non-hydrogen) atoms. The van der Waals surface area contributed by atoms with Gasteiger partial charge in [0.2, 0.25) is 5.91 Å². The van der Waals surface area contributed by atoms with E-state index in [0.717, 1.165) is 5.56 Å². The van der Waals surface area contributed by atoms with E-state index in [1.54, 1.807) is 17.0 Å². The Morgan fingerprint density at radius 3 is 2.19 bits per heavy atom. The number of hydrogen-bond donors (Lipinski definition) is 3. The van der Waals surface area contributed by atoms with E-state index in [1.165, 1.54) is 24.3 Å². The maximum Gasteiger partial charge on any atom is 0.251 e. The van der Waals surface area contributed by atoms with Crippen molar-refractivity contribution in [1.29, 1.82) is 0 Å². The highest BCUT2D eigenvalue weighted by atomic mass is 35.5. The van der Waals surface area contributed by atoms with Crippen molar-refractivity contribution in [2.24, 2.45) is 11.3 Å². The van der Waals surface area contributed by atoms with Crippen molar-refractivity contribution in [3.05, 3.63) is 64.7 Å². The third kappa shape index (κ3) is 4.76. The molecule has 1 aliphatic heterocycles. The molecule has 1 fully saturated rings. The number of likely N-dealkylation sites (tertiary alicyclic amines) is 1. The summed E-state index contributed by atoms with van der Waals surface area (Å²) in [6, 6.07) is 12.4. The number of hydrogen-bond acceptors (Lipinski definition) is 4. The highest BCUT2D eigenvalue weighted by Gasteiger charge is 2.50. The number of rotatable bonds is 5. The Labute approximate surface area is 194 Å². The summed E-state index contributed by atoms with van der Waals surface area (Å²) in [5.41, 5.74) is -0.564. The summed E-state index contributed by atoms with van der Waals surface area (Å²) in [7, 11) is 0. The van der Waals surface area contributed by atoms with Gasteiger partial charge in [0.25, 0.3) is 5.91 Å². The van der Waals surface area contributed by atoms with Gasteiger partial charge in [0.1, 0.15) is 11.8 Å². The molecule has 0 unspecified atom stereocenters. The van der Waals surface area contributed by atoms with Crippen LogP contribution in [0.2, 0.25) is 5.02 Å². The smallest absolute Gasteiger partial charge is 0.251 e. The molecule has 0 spiro atoms. The number of halogens is 1. The molecule has 2 aromatic rings. The second-order valence-electron chi connectivity index (χ2n) is 9.50. The molecule has 1 saturated heterocycles. The van der Waals surface area contributed by atoms with Crippen LogP contribution in [0.1, 0.15) is 50.0 Å². The van der Waals surface area contributed by atoms with Crippen molar-refractivity contribution in [3.63, 3.8) is 0 Å². The Balaban J connectivity index is 1.76. The van der Waals surface area contributed by atoms with Crippen molar-refractivity contribution in [1.82, 2.24) is 10.2 Å². The fraction of sp³-hybridized carbons (Fsp3) is 0.440. The van der Waals surface area contributed by atoms with Crippen LogP contribution in [0, 0.1) is 11.3 Å². The molecule has 2 aromatic carbocycles. The molecule has 1 aliphatic rings. The summed E-state index contributed by atoms with van der Waals surface area (Å²) in [6.45, 7) is 8.39. The van der Waals surface area contributed by atoms with Crippen molar-refractivity contribution in [3.8, 4) is 5.75 Å². The van der Waals surface area contributed by atoms with Crippen LogP contribution in [0.5, 0.6) is 5.75 Å². The maximum atomic E-state index is 13.4. The van der Waals surface area contributed by atoms with E-state index >= 15 is 0 Å². The first-order valence-electron chi connectivity index (χ1n) is 10.8. The summed E-state index contributed by atoms with van der Waals surface area (Å²) in [6.07, 6.45) is 0.379. The summed E-state index contributed by atoms with van der Waals surface area (Å²) >= 11 is 6.01. The Hall–Kier alpha value is -2.57. The number of benzene rings is 2. The number of nitrogens with zero attached hydrogens (tertiary/aromatic N) is 1. The van der Waals surface area contributed by atoms with Gasteiger partial charge in [-0.25, -0.2) is 0 Å². The first-order valence-corrected chi connectivity index (χ1v) is 11.2. The van der Waals surface area contributed by atoms with E-state index in [4.69, 9.17) is 11.6 Å². The van der Waals surface area contributed by atoms with Crippen LogP contribution in [0.4, 0.5) is 0 Å². The molecule has 2 amide bonds. The molecule has 0 aromatic heterocycles.